The molecule has 7 aromatic rings. The molecule has 2 nitrogen and oxygen atoms in total. The number of rotatable bonds is 2. The van der Waals surface area contributed by atoms with Crippen LogP contribution in [-0.4, -0.2) is 9.13 Å². The van der Waals surface area contributed by atoms with Gasteiger partial charge in [-0.15, -0.1) is 0 Å². The summed E-state index contributed by atoms with van der Waals surface area (Å²) < 4.78 is 4.99. The van der Waals surface area contributed by atoms with E-state index < -0.39 is 0 Å². The highest BCUT2D eigenvalue weighted by Crippen LogP contribution is 2.49. The summed E-state index contributed by atoms with van der Waals surface area (Å²) in [5, 5.41) is 3.91. The quantitative estimate of drug-likeness (QED) is 0.206. The third-order valence-corrected chi connectivity index (χ3v) is 9.85. The van der Waals surface area contributed by atoms with E-state index in [4.69, 9.17) is 0 Å². The first-order valence-corrected chi connectivity index (χ1v) is 15.1. The zero-order chi connectivity index (χ0) is 28.2. The summed E-state index contributed by atoms with van der Waals surface area (Å²) in [6.07, 6.45) is 5.77. The molecular formula is C40H32N2. The molecular weight excluding hydrogens is 508 g/mol. The van der Waals surface area contributed by atoms with E-state index in [-0.39, 0.29) is 5.41 Å². The Labute approximate surface area is 246 Å². The summed E-state index contributed by atoms with van der Waals surface area (Å²) in [4.78, 5) is 0. The van der Waals surface area contributed by atoms with Crippen LogP contribution in [0.15, 0.2) is 115 Å². The number of aromatic nitrogens is 2. The van der Waals surface area contributed by atoms with Crippen LogP contribution in [0, 0.1) is 5.92 Å². The van der Waals surface area contributed by atoms with Gasteiger partial charge in [-0.25, -0.2) is 0 Å². The number of nitrogens with zero attached hydrogens (tertiary/aromatic N) is 2. The van der Waals surface area contributed by atoms with E-state index >= 15 is 0 Å². The van der Waals surface area contributed by atoms with Gasteiger partial charge in [0.05, 0.1) is 16.6 Å². The summed E-state index contributed by atoms with van der Waals surface area (Å²) in [5.41, 5.74) is 14.5. The Morgan fingerprint density at radius 1 is 0.595 bits per heavy atom. The van der Waals surface area contributed by atoms with E-state index in [0.717, 1.165) is 6.42 Å². The Morgan fingerprint density at radius 3 is 2.19 bits per heavy atom. The van der Waals surface area contributed by atoms with E-state index in [1.54, 1.807) is 0 Å². The number of fused-ring (bicyclic) bond motifs is 9. The fourth-order valence-corrected chi connectivity index (χ4v) is 7.84. The number of para-hydroxylation sites is 2. The van der Waals surface area contributed by atoms with Gasteiger partial charge in [0, 0.05) is 44.2 Å². The molecule has 0 radical (unpaired) electrons. The SMILES string of the molecule is CC1C=Cc2c(n(-c3ccccc3)c3cc4c5ccccc5n(-c5ccc6c(c5)-c5ccccc5C6(C)C)c4cc23)C1. The molecule has 1 unspecified atom stereocenters. The molecule has 2 aliphatic rings. The maximum atomic E-state index is 2.50. The van der Waals surface area contributed by atoms with E-state index in [1.165, 1.54) is 77.6 Å². The van der Waals surface area contributed by atoms with Crippen molar-refractivity contribution in [3.63, 3.8) is 0 Å². The lowest BCUT2D eigenvalue weighted by atomic mass is 9.82. The molecule has 9 rings (SSSR count). The molecule has 0 aliphatic heterocycles. The molecule has 0 fully saturated rings. The van der Waals surface area contributed by atoms with Gasteiger partial charge in [0.15, 0.2) is 0 Å². The van der Waals surface area contributed by atoms with Crippen LogP contribution in [0.4, 0.5) is 0 Å². The Bertz CT molecular complexity index is 2260. The van der Waals surface area contributed by atoms with Crippen LogP contribution in [0.1, 0.15) is 43.2 Å². The topological polar surface area (TPSA) is 9.86 Å². The fourth-order valence-electron chi connectivity index (χ4n) is 7.84. The molecule has 2 heterocycles. The monoisotopic (exact) mass is 540 g/mol. The first-order chi connectivity index (χ1) is 20.5. The van der Waals surface area contributed by atoms with E-state index in [0.29, 0.717) is 5.92 Å². The van der Waals surface area contributed by atoms with Crippen LogP contribution in [0.2, 0.25) is 0 Å². The van der Waals surface area contributed by atoms with Crippen LogP contribution in [0.5, 0.6) is 0 Å². The molecule has 0 saturated heterocycles. The minimum absolute atomic E-state index is 0.000327. The second kappa shape index (κ2) is 8.36. The number of allylic oxidation sites excluding steroid dienone is 1. The molecule has 202 valence electrons. The largest absolute Gasteiger partial charge is 0.313 e. The zero-order valence-corrected chi connectivity index (χ0v) is 24.2. The van der Waals surface area contributed by atoms with Crippen molar-refractivity contribution >= 4 is 38.8 Å². The van der Waals surface area contributed by atoms with Gasteiger partial charge in [0.1, 0.15) is 0 Å². The molecule has 1 atom stereocenters. The highest BCUT2D eigenvalue weighted by Gasteiger charge is 2.35. The average molecular weight is 541 g/mol. The van der Waals surface area contributed by atoms with Gasteiger partial charge < -0.3 is 9.13 Å². The number of benzene rings is 5. The molecule has 0 N–H and O–H groups in total. The van der Waals surface area contributed by atoms with Gasteiger partial charge in [-0.3, -0.25) is 0 Å². The van der Waals surface area contributed by atoms with Crippen LogP contribution >= 0.6 is 0 Å². The van der Waals surface area contributed by atoms with E-state index in [9.17, 15) is 0 Å². The average Bonchev–Trinajstić information content (AvgIpc) is 3.59. The Hall–Kier alpha value is -4.82. The molecule has 42 heavy (non-hydrogen) atoms. The second-order valence-electron chi connectivity index (χ2n) is 12.7. The third kappa shape index (κ3) is 3.10. The number of hydrogen-bond acceptors (Lipinski definition) is 0. The lowest BCUT2D eigenvalue weighted by molar-refractivity contribution is 0.660. The van der Waals surface area contributed by atoms with Crippen molar-refractivity contribution in [2.24, 2.45) is 5.92 Å². The van der Waals surface area contributed by atoms with E-state index in [2.05, 4.69) is 151 Å². The molecule has 0 saturated carbocycles. The summed E-state index contributed by atoms with van der Waals surface area (Å²) in [6.45, 7) is 7.02. The molecule has 2 heteroatoms. The van der Waals surface area contributed by atoms with Crippen molar-refractivity contribution in [3.8, 4) is 22.5 Å². The highest BCUT2D eigenvalue weighted by atomic mass is 15.0. The predicted octanol–water partition coefficient (Wildman–Crippen LogP) is 10.2. The van der Waals surface area contributed by atoms with Crippen molar-refractivity contribution in [1.29, 1.82) is 0 Å². The fraction of sp³-hybridized carbons (Fsp3) is 0.150. The summed E-state index contributed by atoms with van der Waals surface area (Å²) in [6, 6.07) is 40.7. The number of hydrogen-bond donors (Lipinski definition) is 0. The normalized spacial score (nSPS) is 16.7. The van der Waals surface area contributed by atoms with Crippen LogP contribution in [0.25, 0.3) is 61.3 Å². The zero-order valence-electron chi connectivity index (χ0n) is 24.2. The standard InChI is InChI=1S/C40H32N2/c1-25-17-19-30-33-24-39-32(23-38(33)41(37(30)21-25)26-11-5-4-6-12-26)29-14-8-10-16-36(29)42(39)27-18-20-35-31(22-27)28-13-7-9-15-34(28)40(35,2)3/h4-20,22-25H,21H2,1-3H3. The van der Waals surface area contributed by atoms with Crippen LogP contribution in [0.3, 0.4) is 0 Å². The minimum Gasteiger partial charge on any atom is -0.313 e. The van der Waals surface area contributed by atoms with Gasteiger partial charge >= 0.3 is 0 Å². The summed E-state index contributed by atoms with van der Waals surface area (Å²) in [5.74, 6) is 0.520. The van der Waals surface area contributed by atoms with Crippen molar-refractivity contribution in [1.82, 2.24) is 9.13 Å². The molecule has 2 aliphatic carbocycles. The van der Waals surface area contributed by atoms with Gasteiger partial charge in [-0.2, -0.15) is 0 Å². The lowest BCUT2D eigenvalue weighted by Crippen LogP contribution is -2.14. The van der Waals surface area contributed by atoms with Crippen molar-refractivity contribution in [2.45, 2.75) is 32.6 Å². The second-order valence-corrected chi connectivity index (χ2v) is 12.7. The maximum absolute atomic E-state index is 2.50. The Morgan fingerprint density at radius 2 is 1.31 bits per heavy atom. The smallest absolute Gasteiger partial charge is 0.0548 e. The van der Waals surface area contributed by atoms with E-state index in [1.807, 2.05) is 0 Å². The molecule has 0 spiro atoms. The Kier molecular flexibility index (Phi) is 4.75. The molecule has 5 aromatic carbocycles. The Balaban J connectivity index is 1.37. The van der Waals surface area contributed by atoms with Crippen LogP contribution < -0.4 is 0 Å². The molecule has 2 aromatic heterocycles. The first kappa shape index (κ1) is 23.8. The first-order valence-electron chi connectivity index (χ1n) is 15.1. The van der Waals surface area contributed by atoms with Gasteiger partial charge in [-0.1, -0.05) is 99.7 Å². The summed E-state index contributed by atoms with van der Waals surface area (Å²) in [7, 11) is 0. The van der Waals surface area contributed by atoms with Crippen molar-refractivity contribution < 1.29 is 0 Å². The summed E-state index contributed by atoms with van der Waals surface area (Å²) >= 11 is 0. The molecule has 0 bridgehead atoms. The lowest BCUT2D eigenvalue weighted by Gasteiger charge is -2.21. The van der Waals surface area contributed by atoms with Crippen LogP contribution in [-0.2, 0) is 11.8 Å². The maximum Gasteiger partial charge on any atom is 0.0548 e. The van der Waals surface area contributed by atoms with Gasteiger partial charge in [0.25, 0.3) is 0 Å². The van der Waals surface area contributed by atoms with Gasteiger partial charge in [-0.05, 0) is 77.1 Å². The third-order valence-electron chi connectivity index (χ3n) is 9.85. The van der Waals surface area contributed by atoms with Crippen molar-refractivity contribution in [3.05, 3.63) is 138 Å². The van der Waals surface area contributed by atoms with Crippen molar-refractivity contribution in [2.75, 3.05) is 0 Å². The minimum atomic E-state index is 0.000327. The molecule has 0 amide bonds. The highest BCUT2D eigenvalue weighted by molar-refractivity contribution is 6.14. The van der Waals surface area contributed by atoms with Gasteiger partial charge in [0.2, 0.25) is 0 Å². The predicted molar refractivity (Wildman–Crippen MR) is 177 cm³/mol.